The van der Waals surface area contributed by atoms with Gasteiger partial charge in [0.2, 0.25) is 11.8 Å². The van der Waals surface area contributed by atoms with Crippen molar-refractivity contribution >= 4 is 17.5 Å². The Morgan fingerprint density at radius 2 is 1.88 bits per heavy atom. The fourth-order valence-corrected chi connectivity index (χ4v) is 4.02. The number of piperazine rings is 1. The van der Waals surface area contributed by atoms with Gasteiger partial charge >= 0.3 is 0 Å². The Bertz CT molecular complexity index is 833. The fourth-order valence-electron chi connectivity index (χ4n) is 4.02. The molecule has 0 radical (unpaired) electrons. The lowest BCUT2D eigenvalue weighted by Gasteiger charge is -2.36. The average molecular weight is 340 g/mol. The standard InChI is InChI=1S/C19H24N4O2/c1-13-5-6-23-17-12-15(3-4-16(17)20-18(23)11-13)19(25)22-9-7-21(8-10-22)14(2)24/h5-6,11,15H,3-4,7-10,12H2,1-2H3. The Morgan fingerprint density at radius 3 is 2.60 bits per heavy atom. The number of rotatable bonds is 1. The largest absolute Gasteiger partial charge is 0.339 e. The first kappa shape index (κ1) is 16.1. The lowest BCUT2D eigenvalue weighted by Crippen LogP contribution is -2.52. The number of nitrogens with zero attached hydrogens (tertiary/aromatic N) is 4. The zero-order valence-corrected chi connectivity index (χ0v) is 14.9. The van der Waals surface area contributed by atoms with Gasteiger partial charge in [-0.25, -0.2) is 4.98 Å². The molecule has 25 heavy (non-hydrogen) atoms. The molecule has 4 rings (SSSR count). The maximum Gasteiger partial charge on any atom is 0.226 e. The van der Waals surface area contributed by atoms with Crippen molar-refractivity contribution in [2.24, 2.45) is 5.92 Å². The summed E-state index contributed by atoms with van der Waals surface area (Å²) in [6.45, 7) is 6.25. The van der Waals surface area contributed by atoms with Gasteiger partial charge in [0.1, 0.15) is 5.65 Å². The highest BCUT2D eigenvalue weighted by Crippen LogP contribution is 2.28. The van der Waals surface area contributed by atoms with Gasteiger partial charge < -0.3 is 14.2 Å². The molecule has 6 heteroatoms. The Balaban J connectivity index is 1.49. The van der Waals surface area contributed by atoms with E-state index in [-0.39, 0.29) is 17.7 Å². The van der Waals surface area contributed by atoms with Crippen molar-refractivity contribution in [2.45, 2.75) is 33.1 Å². The van der Waals surface area contributed by atoms with Crippen LogP contribution in [0.1, 0.15) is 30.3 Å². The summed E-state index contributed by atoms with van der Waals surface area (Å²) in [5, 5.41) is 0. The van der Waals surface area contributed by atoms with Gasteiger partial charge in [-0.05, 0) is 37.5 Å². The van der Waals surface area contributed by atoms with Gasteiger partial charge in [0.25, 0.3) is 0 Å². The average Bonchev–Trinajstić information content (AvgIpc) is 2.97. The molecule has 2 amide bonds. The van der Waals surface area contributed by atoms with Gasteiger partial charge in [-0.3, -0.25) is 9.59 Å². The van der Waals surface area contributed by atoms with Crippen molar-refractivity contribution in [3.05, 3.63) is 35.3 Å². The van der Waals surface area contributed by atoms with Crippen LogP contribution in [0.25, 0.3) is 5.65 Å². The van der Waals surface area contributed by atoms with Crippen molar-refractivity contribution in [2.75, 3.05) is 26.2 Å². The van der Waals surface area contributed by atoms with Gasteiger partial charge in [0.15, 0.2) is 0 Å². The van der Waals surface area contributed by atoms with Crippen LogP contribution in [0.15, 0.2) is 18.3 Å². The maximum atomic E-state index is 12.9. The van der Waals surface area contributed by atoms with Crippen molar-refractivity contribution in [3.8, 4) is 0 Å². The third kappa shape index (κ3) is 2.90. The zero-order chi connectivity index (χ0) is 17.6. The predicted molar refractivity (Wildman–Crippen MR) is 94.3 cm³/mol. The number of carbonyl (C=O) groups is 2. The number of fused-ring (bicyclic) bond motifs is 3. The van der Waals surface area contributed by atoms with Gasteiger partial charge in [-0.1, -0.05) is 0 Å². The summed E-state index contributed by atoms with van der Waals surface area (Å²) in [5.74, 6) is 0.351. The molecule has 1 unspecified atom stereocenters. The molecule has 132 valence electrons. The summed E-state index contributed by atoms with van der Waals surface area (Å²) in [5.41, 5.74) is 4.50. The highest BCUT2D eigenvalue weighted by atomic mass is 16.2. The molecule has 1 fully saturated rings. The van der Waals surface area contributed by atoms with Crippen LogP contribution in [0.5, 0.6) is 0 Å². The monoisotopic (exact) mass is 340 g/mol. The molecule has 1 saturated heterocycles. The van der Waals surface area contributed by atoms with E-state index in [2.05, 4.69) is 29.7 Å². The number of carbonyl (C=O) groups excluding carboxylic acids is 2. The first-order chi connectivity index (χ1) is 12.0. The molecule has 2 aromatic rings. The zero-order valence-electron chi connectivity index (χ0n) is 14.9. The number of amides is 2. The molecule has 0 spiro atoms. The van der Waals surface area contributed by atoms with E-state index in [1.807, 2.05) is 9.80 Å². The fraction of sp³-hybridized carbons (Fsp3) is 0.526. The minimum Gasteiger partial charge on any atom is -0.339 e. The SMILES string of the molecule is CC(=O)N1CCN(C(=O)C2CCc3nc4cc(C)ccn4c3C2)CC1. The van der Waals surface area contributed by atoms with Crippen LogP contribution in [0.3, 0.4) is 0 Å². The second kappa shape index (κ2) is 6.17. The van der Waals surface area contributed by atoms with E-state index in [0.717, 1.165) is 30.6 Å². The predicted octanol–water partition coefficient (Wildman–Crippen LogP) is 1.44. The number of aromatic nitrogens is 2. The van der Waals surface area contributed by atoms with E-state index in [4.69, 9.17) is 4.98 Å². The molecule has 0 aromatic carbocycles. The van der Waals surface area contributed by atoms with Gasteiger partial charge in [-0.2, -0.15) is 0 Å². The number of hydrogen-bond donors (Lipinski definition) is 0. The summed E-state index contributed by atoms with van der Waals surface area (Å²) in [7, 11) is 0. The first-order valence-electron chi connectivity index (χ1n) is 9.03. The quantitative estimate of drug-likeness (QED) is 0.789. The molecule has 0 N–H and O–H groups in total. The van der Waals surface area contributed by atoms with Crippen molar-refractivity contribution in [1.29, 1.82) is 0 Å². The summed E-state index contributed by atoms with van der Waals surface area (Å²) in [4.78, 5) is 32.9. The van der Waals surface area contributed by atoms with Crippen LogP contribution in [-0.2, 0) is 22.4 Å². The summed E-state index contributed by atoms with van der Waals surface area (Å²) in [6, 6.07) is 4.18. The van der Waals surface area contributed by atoms with Crippen molar-refractivity contribution in [3.63, 3.8) is 0 Å². The normalized spacial score (nSPS) is 20.6. The number of hydrogen-bond acceptors (Lipinski definition) is 3. The van der Waals surface area contributed by atoms with Crippen molar-refractivity contribution < 1.29 is 9.59 Å². The first-order valence-corrected chi connectivity index (χ1v) is 9.03. The Morgan fingerprint density at radius 1 is 1.16 bits per heavy atom. The third-order valence-corrected chi connectivity index (χ3v) is 5.52. The number of pyridine rings is 1. The molecular formula is C19H24N4O2. The van der Waals surface area contributed by atoms with Crippen molar-refractivity contribution in [1.82, 2.24) is 19.2 Å². The minimum absolute atomic E-state index is 0.0255. The molecule has 6 nitrogen and oxygen atoms in total. The topological polar surface area (TPSA) is 57.9 Å². The second-order valence-electron chi connectivity index (χ2n) is 7.21. The smallest absolute Gasteiger partial charge is 0.226 e. The highest BCUT2D eigenvalue weighted by Gasteiger charge is 2.32. The van der Waals surface area contributed by atoms with E-state index in [0.29, 0.717) is 26.2 Å². The van der Waals surface area contributed by atoms with Crippen LogP contribution < -0.4 is 0 Å². The van der Waals surface area contributed by atoms with E-state index in [1.54, 1.807) is 6.92 Å². The minimum atomic E-state index is 0.0255. The molecular weight excluding hydrogens is 316 g/mol. The maximum absolute atomic E-state index is 12.9. The molecule has 0 saturated carbocycles. The molecule has 1 aliphatic heterocycles. The molecule has 3 heterocycles. The lowest BCUT2D eigenvalue weighted by atomic mass is 9.88. The molecule has 0 bridgehead atoms. The second-order valence-corrected chi connectivity index (χ2v) is 7.21. The Hall–Kier alpha value is -2.37. The van der Waals surface area contributed by atoms with Gasteiger partial charge in [-0.15, -0.1) is 0 Å². The van der Waals surface area contributed by atoms with E-state index in [9.17, 15) is 9.59 Å². The number of imidazole rings is 1. The van der Waals surface area contributed by atoms with Crippen LogP contribution in [0.4, 0.5) is 0 Å². The Labute approximate surface area is 147 Å². The van der Waals surface area contributed by atoms with Crippen LogP contribution >= 0.6 is 0 Å². The Kier molecular flexibility index (Phi) is 3.98. The van der Waals surface area contributed by atoms with Crippen LogP contribution in [-0.4, -0.2) is 57.2 Å². The number of aryl methyl sites for hydroxylation is 2. The van der Waals surface area contributed by atoms with E-state index in [1.165, 1.54) is 11.3 Å². The molecule has 1 aliphatic carbocycles. The van der Waals surface area contributed by atoms with Crippen LogP contribution in [0.2, 0.25) is 0 Å². The summed E-state index contributed by atoms with van der Waals surface area (Å²) >= 11 is 0. The summed E-state index contributed by atoms with van der Waals surface area (Å²) < 4.78 is 2.13. The van der Waals surface area contributed by atoms with Gasteiger partial charge in [0, 0.05) is 57.3 Å². The molecule has 2 aromatic heterocycles. The molecule has 1 atom stereocenters. The summed E-state index contributed by atoms with van der Waals surface area (Å²) in [6.07, 6.45) is 4.54. The van der Waals surface area contributed by atoms with Gasteiger partial charge in [0.05, 0.1) is 5.69 Å². The van der Waals surface area contributed by atoms with E-state index >= 15 is 0 Å². The van der Waals surface area contributed by atoms with E-state index < -0.39 is 0 Å². The molecule has 2 aliphatic rings. The third-order valence-electron chi connectivity index (χ3n) is 5.52. The van der Waals surface area contributed by atoms with Crippen LogP contribution in [0, 0.1) is 12.8 Å². The highest BCUT2D eigenvalue weighted by molar-refractivity contribution is 5.80. The lowest BCUT2D eigenvalue weighted by molar-refractivity contribution is -0.141.